The van der Waals surface area contributed by atoms with E-state index in [9.17, 15) is 4.79 Å². The van der Waals surface area contributed by atoms with E-state index in [0.29, 0.717) is 0 Å². The highest BCUT2D eigenvalue weighted by Gasteiger charge is 1.96. The second-order valence-corrected chi connectivity index (χ2v) is 3.25. The molecule has 3 heteroatoms. The van der Waals surface area contributed by atoms with Gasteiger partial charge in [0.25, 0.3) is 0 Å². The Bertz CT molecular complexity index is 478. The maximum Gasteiger partial charge on any atom is 0.178 e. The molecular formula is C13H10N2O. The van der Waals surface area contributed by atoms with Crippen LogP contribution in [-0.4, -0.2) is 5.78 Å². The Morgan fingerprint density at radius 3 is 2.31 bits per heavy atom. The molecule has 0 fully saturated rings. The zero-order valence-corrected chi connectivity index (χ0v) is 8.58. The molecule has 16 heavy (non-hydrogen) atoms. The lowest BCUT2D eigenvalue weighted by Gasteiger charge is -1.95. The summed E-state index contributed by atoms with van der Waals surface area (Å²) in [5.74, 6) is -0.00264. The van der Waals surface area contributed by atoms with Gasteiger partial charge < -0.3 is 0 Å². The van der Waals surface area contributed by atoms with Gasteiger partial charge in [0.05, 0.1) is 11.9 Å². The van der Waals surface area contributed by atoms with Crippen LogP contribution in [0.1, 0.15) is 0 Å². The minimum absolute atomic E-state index is 0.00264. The van der Waals surface area contributed by atoms with Crippen molar-refractivity contribution in [3.8, 4) is 0 Å². The van der Waals surface area contributed by atoms with Gasteiger partial charge in [0, 0.05) is 0 Å². The molecule has 0 heterocycles. The van der Waals surface area contributed by atoms with E-state index in [1.807, 2.05) is 30.3 Å². The maximum absolute atomic E-state index is 10.8. The number of azo groups is 1. The summed E-state index contributed by atoms with van der Waals surface area (Å²) in [6, 6.07) is 9.48. The molecule has 0 saturated heterocycles. The highest BCUT2D eigenvalue weighted by atomic mass is 16.1. The summed E-state index contributed by atoms with van der Waals surface area (Å²) >= 11 is 0. The van der Waals surface area contributed by atoms with E-state index >= 15 is 0 Å². The third-order valence-corrected chi connectivity index (χ3v) is 2.02. The number of ketones is 1. The van der Waals surface area contributed by atoms with Crippen LogP contribution in [0.25, 0.3) is 0 Å². The molecule has 0 atom stereocenters. The molecule has 0 aliphatic heterocycles. The first-order valence-corrected chi connectivity index (χ1v) is 4.91. The van der Waals surface area contributed by atoms with Gasteiger partial charge in [-0.15, -0.1) is 0 Å². The van der Waals surface area contributed by atoms with E-state index in [0.717, 1.165) is 11.3 Å². The van der Waals surface area contributed by atoms with Crippen LogP contribution in [0.2, 0.25) is 0 Å². The number of allylic oxidation sites excluding steroid dienone is 5. The van der Waals surface area contributed by atoms with Crippen LogP contribution in [0.5, 0.6) is 0 Å². The minimum atomic E-state index is -0.00264. The van der Waals surface area contributed by atoms with E-state index in [1.165, 1.54) is 12.2 Å². The molecule has 0 radical (unpaired) electrons. The number of hydrogen-bond donors (Lipinski definition) is 0. The predicted molar refractivity (Wildman–Crippen MR) is 62.3 cm³/mol. The van der Waals surface area contributed by atoms with Gasteiger partial charge in [0.15, 0.2) is 5.78 Å². The summed E-state index contributed by atoms with van der Waals surface area (Å²) in [4.78, 5) is 10.8. The van der Waals surface area contributed by atoms with Gasteiger partial charge in [-0.2, -0.15) is 10.2 Å². The van der Waals surface area contributed by atoms with Crippen LogP contribution in [0, 0.1) is 0 Å². The van der Waals surface area contributed by atoms with Gasteiger partial charge in [-0.1, -0.05) is 18.2 Å². The molecule has 78 valence electrons. The summed E-state index contributed by atoms with van der Waals surface area (Å²) in [7, 11) is 0. The van der Waals surface area contributed by atoms with Crippen LogP contribution < -0.4 is 0 Å². The molecule has 0 unspecified atom stereocenters. The van der Waals surface area contributed by atoms with Gasteiger partial charge in [-0.3, -0.25) is 4.79 Å². The van der Waals surface area contributed by atoms with Gasteiger partial charge in [0.1, 0.15) is 0 Å². The van der Waals surface area contributed by atoms with E-state index in [-0.39, 0.29) is 5.78 Å². The molecule has 0 amide bonds. The number of carbonyl (C=O) groups is 1. The third-order valence-electron chi connectivity index (χ3n) is 2.02. The topological polar surface area (TPSA) is 41.8 Å². The monoisotopic (exact) mass is 210 g/mol. The molecular weight excluding hydrogens is 200 g/mol. The number of carbonyl (C=O) groups excluding carboxylic acids is 1. The number of benzene rings is 1. The van der Waals surface area contributed by atoms with Crippen molar-refractivity contribution in [1.82, 2.24) is 0 Å². The second-order valence-electron chi connectivity index (χ2n) is 3.25. The fourth-order valence-corrected chi connectivity index (χ4v) is 1.21. The first-order valence-electron chi connectivity index (χ1n) is 4.91. The average Bonchev–Trinajstić information content (AvgIpc) is 2.33. The zero-order valence-electron chi connectivity index (χ0n) is 8.58. The van der Waals surface area contributed by atoms with Crippen LogP contribution in [0.4, 0.5) is 5.69 Å². The molecule has 0 aromatic heterocycles. The van der Waals surface area contributed by atoms with Crippen LogP contribution in [0.3, 0.4) is 0 Å². The minimum Gasteiger partial charge on any atom is -0.290 e. The lowest BCUT2D eigenvalue weighted by atomic mass is 10.1. The lowest BCUT2D eigenvalue weighted by Crippen LogP contribution is -1.90. The molecule has 1 aromatic rings. The first-order chi connectivity index (χ1) is 7.84. The van der Waals surface area contributed by atoms with E-state index in [4.69, 9.17) is 0 Å². The summed E-state index contributed by atoms with van der Waals surface area (Å²) in [6.45, 7) is 0. The highest BCUT2D eigenvalue weighted by Crippen LogP contribution is 2.11. The largest absolute Gasteiger partial charge is 0.290 e. The summed E-state index contributed by atoms with van der Waals surface area (Å²) in [5.41, 5.74) is 1.67. The molecule has 1 aliphatic rings. The van der Waals surface area contributed by atoms with Crippen molar-refractivity contribution in [3.05, 3.63) is 66.4 Å². The normalized spacial score (nSPS) is 14.8. The van der Waals surface area contributed by atoms with Crippen molar-refractivity contribution in [2.24, 2.45) is 10.2 Å². The zero-order chi connectivity index (χ0) is 11.2. The molecule has 0 spiro atoms. The van der Waals surface area contributed by atoms with Crippen molar-refractivity contribution in [1.29, 1.82) is 0 Å². The predicted octanol–water partition coefficient (Wildman–Crippen LogP) is 3.35. The van der Waals surface area contributed by atoms with E-state index < -0.39 is 0 Å². The molecule has 2 rings (SSSR count). The average molecular weight is 210 g/mol. The van der Waals surface area contributed by atoms with Gasteiger partial charge in [-0.25, -0.2) is 0 Å². The molecule has 1 aromatic carbocycles. The molecule has 0 N–H and O–H groups in total. The highest BCUT2D eigenvalue weighted by molar-refractivity contribution is 6.01. The molecule has 3 nitrogen and oxygen atoms in total. The Balaban J connectivity index is 2.05. The third kappa shape index (κ3) is 2.85. The van der Waals surface area contributed by atoms with Crippen LogP contribution in [-0.2, 0) is 4.79 Å². The lowest BCUT2D eigenvalue weighted by molar-refractivity contribution is -0.110. The maximum atomic E-state index is 10.8. The fraction of sp³-hybridized carbons (Fsp3) is 0. The van der Waals surface area contributed by atoms with Crippen molar-refractivity contribution in [2.75, 3.05) is 0 Å². The number of nitrogens with zero attached hydrogens (tertiary/aromatic N) is 2. The van der Waals surface area contributed by atoms with Crippen molar-refractivity contribution >= 4 is 11.5 Å². The van der Waals surface area contributed by atoms with Crippen LogP contribution in [0.15, 0.2) is 76.6 Å². The number of hydrogen-bond acceptors (Lipinski definition) is 3. The van der Waals surface area contributed by atoms with Crippen molar-refractivity contribution < 1.29 is 4.79 Å². The summed E-state index contributed by atoms with van der Waals surface area (Å²) < 4.78 is 0. The smallest absolute Gasteiger partial charge is 0.178 e. The van der Waals surface area contributed by atoms with E-state index in [2.05, 4.69) is 10.2 Å². The Morgan fingerprint density at radius 1 is 0.938 bits per heavy atom. The van der Waals surface area contributed by atoms with Crippen molar-refractivity contribution in [3.63, 3.8) is 0 Å². The Labute approximate surface area is 93.5 Å². The van der Waals surface area contributed by atoms with Crippen molar-refractivity contribution in [2.45, 2.75) is 0 Å². The van der Waals surface area contributed by atoms with Gasteiger partial charge in [-0.05, 0) is 42.0 Å². The Hall–Kier alpha value is -2.29. The van der Waals surface area contributed by atoms with E-state index in [1.54, 1.807) is 18.4 Å². The Morgan fingerprint density at radius 2 is 1.62 bits per heavy atom. The van der Waals surface area contributed by atoms with Crippen LogP contribution >= 0.6 is 0 Å². The molecule has 0 saturated carbocycles. The fourth-order valence-electron chi connectivity index (χ4n) is 1.21. The Kier molecular flexibility index (Phi) is 3.18. The number of rotatable bonds is 2. The standard InChI is InChI=1S/C13H10N2O/c16-13-8-6-11(7-9-13)10-14-15-12-4-2-1-3-5-12/h1-10H. The SMILES string of the molecule is O=C1C=CC(=CN=Nc2ccccc2)C=C1. The summed E-state index contributed by atoms with van der Waals surface area (Å²) in [6.07, 6.45) is 8.05. The summed E-state index contributed by atoms with van der Waals surface area (Å²) in [5, 5.41) is 7.95. The molecule has 1 aliphatic carbocycles. The quantitative estimate of drug-likeness (QED) is 0.690. The second kappa shape index (κ2) is 4.98. The van der Waals surface area contributed by atoms with Gasteiger partial charge >= 0.3 is 0 Å². The first kappa shape index (κ1) is 10.2. The molecule has 0 bridgehead atoms. The van der Waals surface area contributed by atoms with Gasteiger partial charge in [0.2, 0.25) is 0 Å².